The standard InChI is InChI=1S/C21H25FN2O3/c1-13-8-9-14(2)15(10-13)21(25)24-11-18(26-3)19(12-24)27-17-7-5-4-6-16(23)20(17)22/h4-5,7-10,18-19H,6,11-12,23H2,1-3H3. The molecule has 0 spiro atoms. The minimum Gasteiger partial charge on any atom is -0.483 e. The molecule has 3 rings (SSSR count). The minimum atomic E-state index is -0.561. The van der Waals surface area contributed by atoms with E-state index in [1.807, 2.05) is 32.0 Å². The zero-order valence-corrected chi connectivity index (χ0v) is 15.9. The van der Waals surface area contributed by atoms with Crippen molar-refractivity contribution in [3.8, 4) is 0 Å². The number of rotatable bonds is 4. The highest BCUT2D eigenvalue weighted by Crippen LogP contribution is 2.27. The van der Waals surface area contributed by atoms with Crippen LogP contribution in [-0.2, 0) is 9.47 Å². The van der Waals surface area contributed by atoms with Gasteiger partial charge in [0.15, 0.2) is 11.6 Å². The molecule has 0 saturated carbocycles. The van der Waals surface area contributed by atoms with Gasteiger partial charge < -0.3 is 20.1 Å². The van der Waals surface area contributed by atoms with Gasteiger partial charge in [-0.3, -0.25) is 4.79 Å². The van der Waals surface area contributed by atoms with Crippen molar-refractivity contribution in [1.29, 1.82) is 0 Å². The lowest BCUT2D eigenvalue weighted by Crippen LogP contribution is -2.30. The molecule has 2 atom stereocenters. The third-order valence-electron chi connectivity index (χ3n) is 4.93. The molecule has 1 aliphatic carbocycles. The number of halogens is 1. The number of amides is 1. The summed E-state index contributed by atoms with van der Waals surface area (Å²) in [6, 6.07) is 5.80. The molecular weight excluding hydrogens is 347 g/mol. The lowest BCUT2D eigenvalue weighted by atomic mass is 10.0. The number of allylic oxidation sites excluding steroid dienone is 4. The number of nitrogens with two attached hydrogens (primary N) is 1. The quantitative estimate of drug-likeness (QED) is 0.882. The summed E-state index contributed by atoms with van der Waals surface area (Å²) in [7, 11) is 1.56. The van der Waals surface area contributed by atoms with E-state index >= 15 is 0 Å². The molecule has 5 nitrogen and oxygen atoms in total. The molecule has 1 fully saturated rings. The van der Waals surface area contributed by atoms with Crippen molar-refractivity contribution in [2.45, 2.75) is 32.5 Å². The van der Waals surface area contributed by atoms with Crippen LogP contribution >= 0.6 is 0 Å². The van der Waals surface area contributed by atoms with Gasteiger partial charge in [0.1, 0.15) is 12.2 Å². The molecule has 144 valence electrons. The Hall–Kier alpha value is -2.60. The van der Waals surface area contributed by atoms with Gasteiger partial charge in [0.05, 0.1) is 18.8 Å². The van der Waals surface area contributed by atoms with E-state index in [1.54, 1.807) is 30.2 Å². The monoisotopic (exact) mass is 372 g/mol. The maximum absolute atomic E-state index is 14.4. The lowest BCUT2D eigenvalue weighted by molar-refractivity contribution is 0.00205. The first-order chi connectivity index (χ1) is 12.9. The molecule has 0 aromatic heterocycles. The van der Waals surface area contributed by atoms with E-state index in [4.69, 9.17) is 15.2 Å². The maximum atomic E-state index is 14.4. The topological polar surface area (TPSA) is 64.8 Å². The Kier molecular flexibility index (Phi) is 5.65. The number of hydrogen-bond donors (Lipinski definition) is 1. The second-order valence-corrected chi connectivity index (χ2v) is 6.96. The number of aryl methyl sites for hydroxylation is 2. The minimum absolute atomic E-state index is 0.0744. The molecule has 2 aliphatic rings. The zero-order valence-electron chi connectivity index (χ0n) is 15.9. The lowest BCUT2D eigenvalue weighted by Gasteiger charge is -2.20. The summed E-state index contributed by atoms with van der Waals surface area (Å²) in [5, 5.41) is 0. The highest BCUT2D eigenvalue weighted by Gasteiger charge is 2.38. The van der Waals surface area contributed by atoms with E-state index < -0.39 is 11.9 Å². The van der Waals surface area contributed by atoms with Gasteiger partial charge in [-0.25, -0.2) is 4.39 Å². The normalized spacial score (nSPS) is 22.7. The largest absolute Gasteiger partial charge is 0.483 e. The Morgan fingerprint density at radius 1 is 1.26 bits per heavy atom. The molecule has 1 amide bonds. The molecule has 1 aromatic rings. The van der Waals surface area contributed by atoms with Gasteiger partial charge in [0, 0.05) is 19.1 Å². The molecule has 27 heavy (non-hydrogen) atoms. The first-order valence-electron chi connectivity index (χ1n) is 8.98. The number of likely N-dealkylation sites (tertiary alicyclic amines) is 1. The summed E-state index contributed by atoms with van der Waals surface area (Å²) in [5.74, 6) is -0.557. The Bertz CT molecular complexity index is 829. The molecule has 2 N–H and O–H groups in total. The number of ether oxygens (including phenoxy) is 2. The van der Waals surface area contributed by atoms with Gasteiger partial charge in [0.25, 0.3) is 5.91 Å². The van der Waals surface area contributed by atoms with Crippen LogP contribution in [0.15, 0.2) is 53.7 Å². The third kappa shape index (κ3) is 4.06. The summed E-state index contributed by atoms with van der Waals surface area (Å²) in [5.41, 5.74) is 8.47. The smallest absolute Gasteiger partial charge is 0.254 e. The zero-order chi connectivity index (χ0) is 19.6. The maximum Gasteiger partial charge on any atom is 0.254 e. The van der Waals surface area contributed by atoms with Gasteiger partial charge >= 0.3 is 0 Å². The van der Waals surface area contributed by atoms with Gasteiger partial charge in [-0.05, 0) is 31.6 Å². The highest BCUT2D eigenvalue weighted by atomic mass is 19.1. The summed E-state index contributed by atoms with van der Waals surface area (Å²) < 4.78 is 25.8. The second-order valence-electron chi connectivity index (χ2n) is 6.96. The van der Waals surface area contributed by atoms with Crippen LogP contribution in [0.1, 0.15) is 27.9 Å². The molecule has 1 aliphatic heterocycles. The van der Waals surface area contributed by atoms with Crippen LogP contribution in [0.2, 0.25) is 0 Å². The number of hydrogen-bond acceptors (Lipinski definition) is 4. The Labute approximate surface area is 158 Å². The molecule has 6 heteroatoms. The van der Waals surface area contributed by atoms with Crippen LogP contribution in [0, 0.1) is 13.8 Å². The van der Waals surface area contributed by atoms with Gasteiger partial charge in [-0.15, -0.1) is 0 Å². The van der Waals surface area contributed by atoms with E-state index in [1.165, 1.54) is 0 Å². The van der Waals surface area contributed by atoms with Crippen LogP contribution < -0.4 is 5.73 Å². The van der Waals surface area contributed by atoms with Crippen LogP contribution in [0.25, 0.3) is 0 Å². The SMILES string of the molecule is COC1CN(C(=O)c2cc(C)ccc2C)CC1OC1=CC=CCC(N)=C1F. The van der Waals surface area contributed by atoms with Gasteiger partial charge in [0.2, 0.25) is 0 Å². The van der Waals surface area contributed by atoms with Crippen LogP contribution in [0.5, 0.6) is 0 Å². The van der Waals surface area contributed by atoms with E-state index in [0.29, 0.717) is 25.1 Å². The summed E-state index contributed by atoms with van der Waals surface area (Å²) in [6.45, 7) is 4.57. The highest BCUT2D eigenvalue weighted by molar-refractivity contribution is 5.96. The Morgan fingerprint density at radius 2 is 2.00 bits per heavy atom. The average molecular weight is 372 g/mol. The summed E-state index contributed by atoms with van der Waals surface area (Å²) in [6.07, 6.45) is 4.55. The van der Waals surface area contributed by atoms with Gasteiger partial charge in [-0.1, -0.05) is 29.8 Å². The second kappa shape index (κ2) is 7.96. The van der Waals surface area contributed by atoms with Crippen molar-refractivity contribution in [3.05, 3.63) is 70.4 Å². The molecule has 1 aromatic carbocycles. The number of benzene rings is 1. The van der Waals surface area contributed by atoms with E-state index in [-0.39, 0.29) is 23.5 Å². The first kappa shape index (κ1) is 19.2. The van der Waals surface area contributed by atoms with Crippen molar-refractivity contribution in [3.63, 3.8) is 0 Å². The summed E-state index contributed by atoms with van der Waals surface area (Å²) in [4.78, 5) is 14.7. The number of carbonyl (C=O) groups is 1. The van der Waals surface area contributed by atoms with Crippen molar-refractivity contribution in [2.24, 2.45) is 5.73 Å². The Balaban J connectivity index is 1.78. The van der Waals surface area contributed by atoms with Crippen molar-refractivity contribution < 1.29 is 18.7 Å². The fraction of sp³-hybridized carbons (Fsp3) is 0.381. The molecule has 0 radical (unpaired) electrons. The number of nitrogens with zero attached hydrogens (tertiary/aromatic N) is 1. The van der Waals surface area contributed by atoms with E-state index in [0.717, 1.165) is 11.1 Å². The van der Waals surface area contributed by atoms with Crippen molar-refractivity contribution in [2.75, 3.05) is 20.2 Å². The summed E-state index contributed by atoms with van der Waals surface area (Å²) >= 11 is 0. The van der Waals surface area contributed by atoms with E-state index in [2.05, 4.69) is 0 Å². The predicted octanol–water partition coefficient (Wildman–Crippen LogP) is 3.14. The van der Waals surface area contributed by atoms with Crippen LogP contribution in [0.3, 0.4) is 0 Å². The molecule has 1 saturated heterocycles. The fourth-order valence-corrected chi connectivity index (χ4v) is 3.31. The molecule has 0 bridgehead atoms. The first-order valence-corrected chi connectivity index (χ1v) is 8.98. The molecule has 2 unspecified atom stereocenters. The van der Waals surface area contributed by atoms with Crippen LogP contribution in [0.4, 0.5) is 4.39 Å². The fourth-order valence-electron chi connectivity index (χ4n) is 3.31. The number of carbonyl (C=O) groups excluding carboxylic acids is 1. The van der Waals surface area contributed by atoms with E-state index in [9.17, 15) is 9.18 Å². The predicted molar refractivity (Wildman–Crippen MR) is 102 cm³/mol. The van der Waals surface area contributed by atoms with Crippen LogP contribution in [-0.4, -0.2) is 43.2 Å². The molecular formula is C21H25FN2O3. The third-order valence-corrected chi connectivity index (χ3v) is 4.93. The van der Waals surface area contributed by atoms with Gasteiger partial charge in [-0.2, -0.15) is 0 Å². The molecule has 1 heterocycles. The van der Waals surface area contributed by atoms with Crippen molar-refractivity contribution >= 4 is 5.91 Å². The number of methoxy groups -OCH3 is 1. The van der Waals surface area contributed by atoms with Crippen molar-refractivity contribution in [1.82, 2.24) is 4.90 Å². The Morgan fingerprint density at radius 3 is 2.74 bits per heavy atom. The average Bonchev–Trinajstić information content (AvgIpc) is 3.00.